The highest BCUT2D eigenvalue weighted by molar-refractivity contribution is 6.64. The van der Waals surface area contributed by atoms with E-state index in [1.807, 2.05) is 16.7 Å². The highest BCUT2D eigenvalue weighted by Gasteiger charge is 2.38. The van der Waals surface area contributed by atoms with E-state index in [1.54, 1.807) is 18.0 Å². The van der Waals surface area contributed by atoms with E-state index in [0.29, 0.717) is 22.3 Å². The van der Waals surface area contributed by atoms with Gasteiger partial charge in [0.2, 0.25) is 0 Å². The number of rotatable bonds is 3. The van der Waals surface area contributed by atoms with Gasteiger partial charge in [0.1, 0.15) is 10.8 Å². The zero-order valence-electron chi connectivity index (χ0n) is 13.8. The molecule has 0 atom stereocenters. The predicted molar refractivity (Wildman–Crippen MR) is 99.3 cm³/mol. The first-order chi connectivity index (χ1) is 12.0. The number of hydrogen-bond acceptors (Lipinski definition) is 6. The number of fused-ring (bicyclic) bond motifs is 1. The van der Waals surface area contributed by atoms with Crippen LogP contribution in [0.5, 0.6) is 0 Å². The van der Waals surface area contributed by atoms with E-state index in [0.717, 1.165) is 24.8 Å². The lowest BCUT2D eigenvalue weighted by Gasteiger charge is -2.23. The Hall–Kier alpha value is -2.06. The average molecular weight is 378 g/mol. The van der Waals surface area contributed by atoms with Crippen LogP contribution < -0.4 is 5.59 Å². The van der Waals surface area contributed by atoms with Crippen LogP contribution in [0.2, 0.25) is 5.15 Å². The molecule has 2 aromatic heterocycles. The second-order valence-electron chi connectivity index (χ2n) is 6.65. The summed E-state index contributed by atoms with van der Waals surface area (Å²) < 4.78 is 12.8. The molecule has 9 heteroatoms. The molecule has 2 fully saturated rings. The quantitative estimate of drug-likeness (QED) is 0.595. The Balaban J connectivity index is 0.00000196. The fraction of sp³-hybridized carbons (Fsp3) is 0.471. The van der Waals surface area contributed by atoms with Crippen molar-refractivity contribution in [3.8, 4) is 0 Å². The maximum atomic E-state index is 12.1. The van der Waals surface area contributed by atoms with Gasteiger partial charge in [0, 0.05) is 11.9 Å². The van der Waals surface area contributed by atoms with Gasteiger partial charge in [-0.2, -0.15) is 0 Å². The van der Waals surface area contributed by atoms with Gasteiger partial charge in [-0.1, -0.05) is 19.0 Å². The summed E-state index contributed by atoms with van der Waals surface area (Å²) in [5.74, 6) is -0.315. The third kappa shape index (κ3) is 3.86. The number of pyridine rings is 1. The summed E-state index contributed by atoms with van der Waals surface area (Å²) in [6.07, 6.45) is 2.30. The van der Waals surface area contributed by atoms with Gasteiger partial charge in [-0.3, -0.25) is 14.5 Å². The normalized spacial score (nSPS) is 18.8. The monoisotopic (exact) mass is 377 g/mol. The van der Waals surface area contributed by atoms with Crippen molar-refractivity contribution in [2.45, 2.75) is 26.8 Å². The van der Waals surface area contributed by atoms with E-state index in [1.165, 1.54) is 0 Å². The molecule has 7 nitrogen and oxygen atoms in total. The highest BCUT2D eigenvalue weighted by Crippen LogP contribution is 2.31. The molecule has 4 rings (SSSR count). The summed E-state index contributed by atoms with van der Waals surface area (Å²) in [5, 5.41) is 1.26. The molecular formula is C17H21BClN3O4. The van der Waals surface area contributed by atoms with E-state index in [-0.39, 0.29) is 20.5 Å². The van der Waals surface area contributed by atoms with Crippen molar-refractivity contribution in [2.75, 3.05) is 20.1 Å². The fourth-order valence-electron chi connectivity index (χ4n) is 3.03. The van der Waals surface area contributed by atoms with E-state index < -0.39 is 19.1 Å². The molecule has 0 radical (unpaired) electrons. The lowest BCUT2D eigenvalue weighted by molar-refractivity contribution is -0.145. The lowest BCUT2D eigenvalue weighted by atomic mass is 9.83. The maximum absolute atomic E-state index is 12.1. The minimum absolute atomic E-state index is 0. The number of hydrogen-bond donors (Lipinski definition) is 0. The standard InChI is InChI=1S/C16H17BClN3O4.CH4/c1-20-8-14(22)24-17(25-15(23)9-20)12-6-11-4-5-13(18)19-16(11)21(12)7-10-2-3-10;/h4-6,10H,2-3,7-9H2,1H3;1H4. The van der Waals surface area contributed by atoms with Crippen LogP contribution in [0.15, 0.2) is 18.2 Å². The van der Waals surface area contributed by atoms with Crippen LogP contribution in [-0.2, 0) is 25.4 Å². The number of likely N-dealkylation sites (N-methyl/N-ethyl adjacent to an activating group) is 1. The van der Waals surface area contributed by atoms with Gasteiger partial charge in [-0.25, -0.2) is 4.98 Å². The minimum Gasteiger partial charge on any atom is -0.493 e. The van der Waals surface area contributed by atoms with Crippen molar-refractivity contribution in [3.63, 3.8) is 0 Å². The zero-order valence-corrected chi connectivity index (χ0v) is 14.5. The van der Waals surface area contributed by atoms with Gasteiger partial charge in [0.05, 0.1) is 18.7 Å². The first-order valence-electron chi connectivity index (χ1n) is 8.23. The molecule has 0 spiro atoms. The molecule has 0 unspecified atom stereocenters. The Labute approximate surface area is 157 Å². The van der Waals surface area contributed by atoms with Crippen LogP contribution in [0.1, 0.15) is 20.3 Å². The SMILES string of the molecule is C.CN1CC(=O)OB(c2cc3ccc(Cl)nc3n2CC2CC2)OC(=O)C1. The summed E-state index contributed by atoms with van der Waals surface area (Å²) in [5.41, 5.74) is 1.32. The predicted octanol–water partition coefficient (Wildman–Crippen LogP) is 1.46. The number of carbonyl (C=O) groups excluding carboxylic acids is 2. The number of nitrogens with zero attached hydrogens (tertiary/aromatic N) is 3. The van der Waals surface area contributed by atoms with Gasteiger partial charge < -0.3 is 13.9 Å². The Morgan fingerprint density at radius 2 is 1.88 bits per heavy atom. The molecule has 1 aliphatic heterocycles. The van der Waals surface area contributed by atoms with Crippen molar-refractivity contribution in [2.24, 2.45) is 5.92 Å². The van der Waals surface area contributed by atoms with Crippen LogP contribution in [0, 0.1) is 5.92 Å². The summed E-state index contributed by atoms with van der Waals surface area (Å²) in [7, 11) is 0.596. The van der Waals surface area contributed by atoms with E-state index in [4.69, 9.17) is 20.9 Å². The summed E-state index contributed by atoms with van der Waals surface area (Å²) in [6, 6.07) is 5.41. The summed E-state index contributed by atoms with van der Waals surface area (Å²) in [6.45, 7) is 0.814. The molecule has 0 bridgehead atoms. The van der Waals surface area contributed by atoms with Crippen molar-refractivity contribution in [3.05, 3.63) is 23.4 Å². The third-order valence-electron chi connectivity index (χ3n) is 4.40. The molecule has 0 aromatic carbocycles. The Bertz CT molecular complexity index is 832. The lowest BCUT2D eigenvalue weighted by Crippen LogP contribution is -2.50. The second-order valence-corrected chi connectivity index (χ2v) is 7.04. The van der Waals surface area contributed by atoms with Gasteiger partial charge in [0.25, 0.3) is 0 Å². The number of aromatic nitrogens is 2. The minimum atomic E-state index is -1.07. The topological polar surface area (TPSA) is 73.7 Å². The zero-order chi connectivity index (χ0) is 17.6. The van der Waals surface area contributed by atoms with E-state index >= 15 is 0 Å². The first-order valence-corrected chi connectivity index (χ1v) is 8.60. The maximum Gasteiger partial charge on any atom is 0.654 e. The Morgan fingerprint density at radius 1 is 1.23 bits per heavy atom. The van der Waals surface area contributed by atoms with Gasteiger partial charge in [-0.05, 0) is 44.0 Å². The highest BCUT2D eigenvalue weighted by atomic mass is 35.5. The molecular weight excluding hydrogens is 356 g/mol. The molecule has 26 heavy (non-hydrogen) atoms. The molecule has 138 valence electrons. The molecule has 3 heterocycles. The molecule has 1 aliphatic carbocycles. The van der Waals surface area contributed by atoms with Crippen molar-refractivity contribution >= 4 is 47.3 Å². The van der Waals surface area contributed by atoms with Crippen molar-refractivity contribution < 1.29 is 18.9 Å². The average Bonchev–Trinajstić information content (AvgIpc) is 3.27. The van der Waals surface area contributed by atoms with Gasteiger partial charge >= 0.3 is 19.1 Å². The summed E-state index contributed by atoms with van der Waals surface area (Å²) in [4.78, 5) is 30.1. The molecule has 0 N–H and O–H groups in total. The van der Waals surface area contributed by atoms with E-state index in [2.05, 4.69) is 4.98 Å². The smallest absolute Gasteiger partial charge is 0.493 e. The van der Waals surface area contributed by atoms with Crippen LogP contribution in [0.4, 0.5) is 0 Å². The van der Waals surface area contributed by atoms with Crippen LogP contribution in [-0.4, -0.2) is 53.6 Å². The van der Waals surface area contributed by atoms with Crippen molar-refractivity contribution in [1.82, 2.24) is 14.5 Å². The molecule has 1 saturated heterocycles. The number of carbonyl (C=O) groups is 2. The van der Waals surface area contributed by atoms with Gasteiger partial charge in [-0.15, -0.1) is 0 Å². The molecule has 1 saturated carbocycles. The van der Waals surface area contributed by atoms with Crippen LogP contribution >= 0.6 is 11.6 Å². The largest absolute Gasteiger partial charge is 0.654 e. The third-order valence-corrected chi connectivity index (χ3v) is 4.61. The van der Waals surface area contributed by atoms with Crippen molar-refractivity contribution in [1.29, 1.82) is 0 Å². The van der Waals surface area contributed by atoms with E-state index in [9.17, 15) is 9.59 Å². The fourth-order valence-corrected chi connectivity index (χ4v) is 3.17. The second kappa shape index (κ2) is 7.29. The van der Waals surface area contributed by atoms with Crippen LogP contribution in [0.3, 0.4) is 0 Å². The Morgan fingerprint density at radius 3 is 2.50 bits per heavy atom. The first kappa shape index (κ1) is 18.7. The summed E-state index contributed by atoms with van der Waals surface area (Å²) >= 11 is 6.05. The van der Waals surface area contributed by atoms with Gasteiger partial charge in [0.15, 0.2) is 0 Å². The molecule has 2 aromatic rings. The number of halogens is 1. The molecule has 2 aliphatic rings. The molecule has 0 amide bonds. The Kier molecular flexibility index (Phi) is 5.25. The van der Waals surface area contributed by atoms with Crippen LogP contribution in [0.25, 0.3) is 11.0 Å².